The van der Waals surface area contributed by atoms with Crippen LogP contribution in [0.2, 0.25) is 0 Å². The Morgan fingerprint density at radius 1 is 1.23 bits per heavy atom. The van der Waals surface area contributed by atoms with Gasteiger partial charge in [-0.2, -0.15) is 0 Å². The maximum Gasteiger partial charge on any atom is 0.255 e. The summed E-state index contributed by atoms with van der Waals surface area (Å²) < 4.78 is 7.31. The van der Waals surface area contributed by atoms with E-state index in [0.29, 0.717) is 13.1 Å². The molecule has 26 heavy (non-hydrogen) atoms. The number of ether oxygens (including phenoxy) is 1. The van der Waals surface area contributed by atoms with Gasteiger partial charge in [0.1, 0.15) is 5.75 Å². The first-order valence-electron chi connectivity index (χ1n) is 8.49. The standard InChI is InChI=1S/C20H29N3O2.ClH/c1-14-11-18(19(24)22(5)13-20(3,4)12-21)15(2)23(14)16-7-9-17(25-6)10-8-16;/h7-11H,12-13,21H2,1-6H3;1H. The van der Waals surface area contributed by atoms with E-state index in [1.54, 1.807) is 12.0 Å². The third-order valence-electron chi connectivity index (χ3n) is 4.56. The van der Waals surface area contributed by atoms with E-state index in [0.717, 1.165) is 28.4 Å². The molecule has 0 fully saturated rings. The Balaban J connectivity index is 0.00000338. The van der Waals surface area contributed by atoms with Crippen LogP contribution in [0.4, 0.5) is 0 Å². The summed E-state index contributed by atoms with van der Waals surface area (Å²) in [6, 6.07) is 9.79. The minimum Gasteiger partial charge on any atom is -0.497 e. The molecule has 2 rings (SSSR count). The fourth-order valence-corrected chi connectivity index (χ4v) is 3.09. The molecule has 0 radical (unpaired) electrons. The van der Waals surface area contributed by atoms with Crippen molar-refractivity contribution in [3.63, 3.8) is 0 Å². The molecule has 0 aliphatic rings. The van der Waals surface area contributed by atoms with Crippen molar-refractivity contribution in [3.05, 3.63) is 47.3 Å². The van der Waals surface area contributed by atoms with Gasteiger partial charge in [-0.25, -0.2) is 0 Å². The van der Waals surface area contributed by atoms with Crippen LogP contribution < -0.4 is 10.5 Å². The number of hydrogen-bond acceptors (Lipinski definition) is 3. The van der Waals surface area contributed by atoms with Crippen LogP contribution in [0.15, 0.2) is 30.3 Å². The summed E-state index contributed by atoms with van der Waals surface area (Å²) >= 11 is 0. The molecule has 144 valence electrons. The van der Waals surface area contributed by atoms with E-state index < -0.39 is 0 Å². The molecule has 2 N–H and O–H groups in total. The third kappa shape index (κ3) is 4.59. The van der Waals surface area contributed by atoms with Gasteiger partial charge >= 0.3 is 0 Å². The molecule has 6 heteroatoms. The fraction of sp³-hybridized carbons (Fsp3) is 0.450. The van der Waals surface area contributed by atoms with Crippen molar-refractivity contribution in [1.29, 1.82) is 0 Å². The molecule has 2 aromatic rings. The third-order valence-corrected chi connectivity index (χ3v) is 4.56. The van der Waals surface area contributed by atoms with E-state index in [4.69, 9.17) is 10.5 Å². The molecule has 0 saturated carbocycles. The molecule has 5 nitrogen and oxygen atoms in total. The average molecular weight is 380 g/mol. The van der Waals surface area contributed by atoms with Crippen LogP contribution in [0.25, 0.3) is 5.69 Å². The number of nitrogens with two attached hydrogens (primary N) is 1. The summed E-state index contributed by atoms with van der Waals surface area (Å²) in [6.45, 7) is 9.28. The van der Waals surface area contributed by atoms with Crippen LogP contribution in [0, 0.1) is 19.3 Å². The van der Waals surface area contributed by atoms with Crippen LogP contribution in [-0.4, -0.2) is 42.6 Å². The lowest BCUT2D eigenvalue weighted by atomic mass is 9.93. The van der Waals surface area contributed by atoms with Crippen molar-refractivity contribution in [2.75, 3.05) is 27.2 Å². The van der Waals surface area contributed by atoms with Gasteiger partial charge in [0.05, 0.1) is 12.7 Å². The van der Waals surface area contributed by atoms with Gasteiger partial charge in [-0.05, 0) is 56.1 Å². The monoisotopic (exact) mass is 379 g/mol. The summed E-state index contributed by atoms with van der Waals surface area (Å²) in [6.07, 6.45) is 0. The predicted octanol–water partition coefficient (Wildman–Crippen LogP) is 3.58. The van der Waals surface area contributed by atoms with E-state index in [-0.39, 0.29) is 23.7 Å². The van der Waals surface area contributed by atoms with Crippen LogP contribution in [0.1, 0.15) is 35.6 Å². The fourth-order valence-electron chi connectivity index (χ4n) is 3.09. The second-order valence-electron chi connectivity index (χ2n) is 7.35. The van der Waals surface area contributed by atoms with Gasteiger partial charge in [0.15, 0.2) is 0 Å². The minimum absolute atomic E-state index is 0. The maximum absolute atomic E-state index is 12.9. The first kappa shape index (κ1) is 22.1. The average Bonchev–Trinajstić information content (AvgIpc) is 2.88. The van der Waals surface area contributed by atoms with Gasteiger partial charge in [0.2, 0.25) is 0 Å². The predicted molar refractivity (Wildman–Crippen MR) is 109 cm³/mol. The topological polar surface area (TPSA) is 60.5 Å². The van der Waals surface area contributed by atoms with Crippen molar-refractivity contribution in [2.45, 2.75) is 27.7 Å². The van der Waals surface area contributed by atoms with Gasteiger partial charge in [0.25, 0.3) is 5.91 Å². The number of carbonyl (C=O) groups excluding carboxylic acids is 1. The van der Waals surface area contributed by atoms with Gasteiger partial charge in [-0.1, -0.05) is 13.8 Å². The normalized spacial score (nSPS) is 11.0. The maximum atomic E-state index is 12.9. The number of rotatable bonds is 6. The van der Waals surface area contributed by atoms with Crippen molar-refractivity contribution in [2.24, 2.45) is 11.1 Å². The van der Waals surface area contributed by atoms with Crippen LogP contribution in [0.3, 0.4) is 0 Å². The summed E-state index contributed by atoms with van der Waals surface area (Å²) in [5.74, 6) is 0.834. The number of aromatic nitrogens is 1. The van der Waals surface area contributed by atoms with E-state index >= 15 is 0 Å². The summed E-state index contributed by atoms with van der Waals surface area (Å²) in [7, 11) is 3.48. The zero-order chi connectivity index (χ0) is 18.8. The van der Waals surface area contributed by atoms with Crippen molar-refractivity contribution < 1.29 is 9.53 Å². The highest BCUT2D eigenvalue weighted by Crippen LogP contribution is 2.24. The Kier molecular flexibility index (Phi) is 7.30. The number of carbonyl (C=O) groups is 1. The first-order valence-corrected chi connectivity index (χ1v) is 8.49. The number of hydrogen-bond donors (Lipinski definition) is 1. The number of aryl methyl sites for hydroxylation is 1. The molecule has 0 aliphatic carbocycles. The Morgan fingerprint density at radius 3 is 2.31 bits per heavy atom. The summed E-state index contributed by atoms with van der Waals surface area (Å²) in [5, 5.41) is 0. The molecule has 1 aromatic carbocycles. The molecule has 1 heterocycles. The van der Waals surface area contributed by atoms with Gasteiger partial charge in [-0.15, -0.1) is 12.4 Å². The molecule has 0 bridgehead atoms. The van der Waals surface area contributed by atoms with Crippen LogP contribution in [-0.2, 0) is 0 Å². The number of methoxy groups -OCH3 is 1. The molecule has 0 spiro atoms. The summed E-state index contributed by atoms with van der Waals surface area (Å²) in [4.78, 5) is 14.7. The Morgan fingerprint density at radius 2 is 1.81 bits per heavy atom. The van der Waals surface area contributed by atoms with Crippen molar-refractivity contribution in [1.82, 2.24) is 9.47 Å². The molecule has 0 aliphatic heterocycles. The lowest BCUT2D eigenvalue weighted by Gasteiger charge is -2.29. The second-order valence-corrected chi connectivity index (χ2v) is 7.35. The molecular weight excluding hydrogens is 350 g/mol. The zero-order valence-electron chi connectivity index (χ0n) is 16.5. The quantitative estimate of drug-likeness (QED) is 0.834. The first-order chi connectivity index (χ1) is 11.7. The van der Waals surface area contributed by atoms with E-state index in [1.165, 1.54) is 0 Å². The van der Waals surface area contributed by atoms with Crippen LogP contribution >= 0.6 is 12.4 Å². The number of benzene rings is 1. The van der Waals surface area contributed by atoms with E-state index in [2.05, 4.69) is 18.4 Å². The Hall–Kier alpha value is -1.98. The van der Waals surface area contributed by atoms with Gasteiger partial charge < -0.3 is 19.9 Å². The van der Waals surface area contributed by atoms with Gasteiger partial charge in [-0.3, -0.25) is 4.79 Å². The number of halogens is 1. The Labute approximate surface area is 162 Å². The Bertz CT molecular complexity index is 751. The second kappa shape index (κ2) is 8.60. The van der Waals surface area contributed by atoms with Crippen molar-refractivity contribution >= 4 is 18.3 Å². The lowest BCUT2D eigenvalue weighted by molar-refractivity contribution is 0.0740. The van der Waals surface area contributed by atoms with E-state index in [9.17, 15) is 4.79 Å². The molecule has 1 amide bonds. The molecule has 0 unspecified atom stereocenters. The van der Waals surface area contributed by atoms with Gasteiger partial charge in [0, 0.05) is 30.7 Å². The van der Waals surface area contributed by atoms with Crippen molar-refractivity contribution in [3.8, 4) is 11.4 Å². The molecule has 0 saturated heterocycles. The number of nitrogens with zero attached hydrogens (tertiary/aromatic N) is 2. The highest BCUT2D eigenvalue weighted by atomic mass is 35.5. The highest BCUT2D eigenvalue weighted by molar-refractivity contribution is 5.95. The molecule has 1 aromatic heterocycles. The molecule has 0 atom stereocenters. The zero-order valence-corrected chi connectivity index (χ0v) is 17.3. The smallest absolute Gasteiger partial charge is 0.255 e. The van der Waals surface area contributed by atoms with Crippen LogP contribution in [0.5, 0.6) is 5.75 Å². The largest absolute Gasteiger partial charge is 0.497 e. The van der Waals surface area contributed by atoms with E-state index in [1.807, 2.05) is 51.2 Å². The highest BCUT2D eigenvalue weighted by Gasteiger charge is 2.24. The number of amides is 1. The molecular formula is C20H30ClN3O2. The SMILES string of the molecule is COc1ccc(-n2c(C)cc(C(=O)N(C)CC(C)(C)CN)c2C)cc1.Cl. The lowest BCUT2D eigenvalue weighted by Crippen LogP contribution is -2.39. The minimum atomic E-state index is -0.105. The summed E-state index contributed by atoms with van der Waals surface area (Å²) in [5.41, 5.74) is 9.39.